The molecule has 1 aliphatic rings. The van der Waals surface area contributed by atoms with Crippen molar-refractivity contribution < 1.29 is 22.4 Å². The van der Waals surface area contributed by atoms with E-state index in [0.29, 0.717) is 24.3 Å². The maximum absolute atomic E-state index is 13.0. The Bertz CT molecular complexity index is 955. The first-order chi connectivity index (χ1) is 13.4. The lowest BCUT2D eigenvalue weighted by Gasteiger charge is -2.15. The molecule has 9 heteroatoms. The van der Waals surface area contributed by atoms with Crippen LogP contribution in [0.4, 0.5) is 10.1 Å². The predicted molar refractivity (Wildman–Crippen MR) is 103 cm³/mol. The van der Waals surface area contributed by atoms with Crippen molar-refractivity contribution in [3.63, 3.8) is 0 Å². The van der Waals surface area contributed by atoms with Crippen molar-refractivity contribution in [2.75, 3.05) is 25.0 Å². The van der Waals surface area contributed by atoms with Gasteiger partial charge in [0.15, 0.2) is 6.61 Å². The van der Waals surface area contributed by atoms with E-state index < -0.39 is 21.7 Å². The third-order valence-corrected chi connectivity index (χ3v) is 6.07. The third kappa shape index (κ3) is 5.14. The summed E-state index contributed by atoms with van der Waals surface area (Å²) < 4.78 is 39.4. The number of amides is 1. The van der Waals surface area contributed by atoms with Crippen molar-refractivity contribution in [3.05, 3.63) is 59.9 Å². The van der Waals surface area contributed by atoms with E-state index in [9.17, 15) is 17.6 Å². The van der Waals surface area contributed by atoms with Gasteiger partial charge in [-0.25, -0.2) is 12.8 Å². The standard InChI is InChI=1S/C19H20FN3O4S/c20-16-5-3-4-15(12-16)13-21-27-14-19(24)22-17-6-8-18(9-7-17)28(25,26)23-10-1-2-11-23/h3-9,12-13H,1-2,10-11,14H2,(H,22,24)/b21-13-. The zero-order valence-corrected chi connectivity index (χ0v) is 15.9. The monoisotopic (exact) mass is 405 g/mol. The molecule has 28 heavy (non-hydrogen) atoms. The minimum Gasteiger partial charge on any atom is -0.386 e. The van der Waals surface area contributed by atoms with Gasteiger partial charge in [-0.15, -0.1) is 0 Å². The maximum atomic E-state index is 13.0. The van der Waals surface area contributed by atoms with Crippen LogP contribution in [0.15, 0.2) is 58.6 Å². The Morgan fingerprint density at radius 3 is 2.57 bits per heavy atom. The number of halogens is 1. The van der Waals surface area contributed by atoms with Crippen molar-refractivity contribution in [1.82, 2.24) is 4.31 Å². The Labute approximate surface area is 162 Å². The maximum Gasteiger partial charge on any atom is 0.265 e. The van der Waals surface area contributed by atoms with E-state index in [1.54, 1.807) is 6.07 Å². The van der Waals surface area contributed by atoms with Gasteiger partial charge in [-0.1, -0.05) is 17.3 Å². The molecule has 0 atom stereocenters. The van der Waals surface area contributed by atoms with Crippen LogP contribution in [0.3, 0.4) is 0 Å². The molecule has 0 unspecified atom stereocenters. The van der Waals surface area contributed by atoms with Gasteiger partial charge in [0.2, 0.25) is 10.0 Å². The van der Waals surface area contributed by atoms with Crippen LogP contribution in [0.5, 0.6) is 0 Å². The Morgan fingerprint density at radius 1 is 1.18 bits per heavy atom. The van der Waals surface area contributed by atoms with E-state index in [1.807, 2.05) is 0 Å². The van der Waals surface area contributed by atoms with Crippen LogP contribution in [0.2, 0.25) is 0 Å². The number of rotatable bonds is 7. The SMILES string of the molecule is O=C(CO/N=C\c1cccc(F)c1)Nc1ccc(S(=O)(=O)N2CCCC2)cc1. The van der Waals surface area contributed by atoms with E-state index in [-0.39, 0.29) is 11.5 Å². The van der Waals surface area contributed by atoms with Gasteiger partial charge in [0.25, 0.3) is 5.91 Å². The van der Waals surface area contributed by atoms with E-state index in [2.05, 4.69) is 10.5 Å². The average molecular weight is 405 g/mol. The Morgan fingerprint density at radius 2 is 1.89 bits per heavy atom. The molecule has 0 radical (unpaired) electrons. The minimum absolute atomic E-state index is 0.198. The lowest BCUT2D eigenvalue weighted by Crippen LogP contribution is -2.27. The highest BCUT2D eigenvalue weighted by atomic mass is 32.2. The molecule has 1 aliphatic heterocycles. The molecule has 0 saturated carbocycles. The van der Waals surface area contributed by atoms with Crippen LogP contribution in [0.25, 0.3) is 0 Å². The highest BCUT2D eigenvalue weighted by Gasteiger charge is 2.26. The summed E-state index contributed by atoms with van der Waals surface area (Å²) in [4.78, 5) is 17.0. The van der Waals surface area contributed by atoms with Gasteiger partial charge in [-0.3, -0.25) is 4.79 Å². The van der Waals surface area contributed by atoms with Crippen molar-refractivity contribution in [2.45, 2.75) is 17.7 Å². The predicted octanol–water partition coefficient (Wildman–Crippen LogP) is 2.60. The molecule has 148 valence electrons. The van der Waals surface area contributed by atoms with Crippen molar-refractivity contribution >= 4 is 27.8 Å². The lowest BCUT2D eigenvalue weighted by molar-refractivity contribution is -0.120. The van der Waals surface area contributed by atoms with Crippen molar-refractivity contribution in [2.24, 2.45) is 5.16 Å². The third-order valence-electron chi connectivity index (χ3n) is 4.16. The smallest absolute Gasteiger partial charge is 0.265 e. The van der Waals surface area contributed by atoms with Crippen molar-refractivity contribution in [3.8, 4) is 0 Å². The molecule has 0 aliphatic carbocycles. The second-order valence-corrected chi connectivity index (χ2v) is 8.18. The van der Waals surface area contributed by atoms with Crippen LogP contribution < -0.4 is 5.32 Å². The molecule has 1 fully saturated rings. The number of carbonyl (C=O) groups is 1. The molecule has 3 rings (SSSR count). The molecule has 1 heterocycles. The fraction of sp³-hybridized carbons (Fsp3) is 0.263. The van der Waals surface area contributed by atoms with E-state index in [1.165, 1.54) is 53.0 Å². The first-order valence-electron chi connectivity index (χ1n) is 8.76. The zero-order valence-electron chi connectivity index (χ0n) is 15.0. The number of carbonyl (C=O) groups excluding carboxylic acids is 1. The van der Waals surface area contributed by atoms with Crippen molar-refractivity contribution in [1.29, 1.82) is 0 Å². The number of oxime groups is 1. The second kappa shape index (κ2) is 8.94. The van der Waals surface area contributed by atoms with Gasteiger partial charge >= 0.3 is 0 Å². The van der Waals surface area contributed by atoms with Gasteiger partial charge in [0, 0.05) is 18.8 Å². The van der Waals surface area contributed by atoms with E-state index >= 15 is 0 Å². The summed E-state index contributed by atoms with van der Waals surface area (Å²) in [7, 11) is -3.48. The fourth-order valence-electron chi connectivity index (χ4n) is 2.77. The lowest BCUT2D eigenvalue weighted by atomic mass is 10.2. The van der Waals surface area contributed by atoms with Gasteiger partial charge in [0.1, 0.15) is 5.82 Å². The van der Waals surface area contributed by atoms with Crippen LogP contribution in [-0.2, 0) is 19.7 Å². The molecular formula is C19H20FN3O4S. The van der Waals surface area contributed by atoms with Crippen LogP contribution in [0, 0.1) is 5.82 Å². The molecule has 7 nitrogen and oxygen atoms in total. The summed E-state index contributed by atoms with van der Waals surface area (Å²) in [5.41, 5.74) is 0.957. The number of nitrogens with zero attached hydrogens (tertiary/aromatic N) is 2. The Balaban J connectivity index is 1.50. The summed E-state index contributed by atoms with van der Waals surface area (Å²) in [6.07, 6.45) is 3.04. The molecule has 0 spiro atoms. The normalized spacial score (nSPS) is 15.0. The second-order valence-electron chi connectivity index (χ2n) is 6.25. The molecular weight excluding hydrogens is 385 g/mol. The molecule has 1 saturated heterocycles. The molecule has 1 N–H and O–H groups in total. The van der Waals surface area contributed by atoms with E-state index in [0.717, 1.165) is 12.8 Å². The molecule has 2 aromatic rings. The summed E-state index contributed by atoms with van der Waals surface area (Å²) in [5.74, 6) is -0.844. The highest BCUT2D eigenvalue weighted by Crippen LogP contribution is 2.22. The van der Waals surface area contributed by atoms with Gasteiger partial charge in [-0.2, -0.15) is 4.31 Å². The Kier molecular flexibility index (Phi) is 6.37. The molecule has 1 amide bonds. The van der Waals surface area contributed by atoms with Crippen LogP contribution in [0.1, 0.15) is 18.4 Å². The number of hydrogen-bond acceptors (Lipinski definition) is 5. The molecule has 2 aromatic carbocycles. The van der Waals surface area contributed by atoms with Crippen LogP contribution >= 0.6 is 0 Å². The topological polar surface area (TPSA) is 88.1 Å². The van der Waals surface area contributed by atoms with Gasteiger partial charge in [0.05, 0.1) is 11.1 Å². The molecule has 0 aromatic heterocycles. The fourth-order valence-corrected chi connectivity index (χ4v) is 4.28. The highest BCUT2D eigenvalue weighted by molar-refractivity contribution is 7.89. The van der Waals surface area contributed by atoms with Gasteiger partial charge in [-0.05, 0) is 54.8 Å². The summed E-state index contributed by atoms with van der Waals surface area (Å²) >= 11 is 0. The number of sulfonamides is 1. The summed E-state index contributed by atoms with van der Waals surface area (Å²) in [6.45, 7) is 0.738. The largest absolute Gasteiger partial charge is 0.386 e. The average Bonchev–Trinajstić information content (AvgIpc) is 3.21. The number of anilines is 1. The van der Waals surface area contributed by atoms with E-state index in [4.69, 9.17) is 4.84 Å². The molecule has 0 bridgehead atoms. The zero-order chi connectivity index (χ0) is 20.0. The Hall–Kier alpha value is -2.78. The number of benzene rings is 2. The number of nitrogens with one attached hydrogen (secondary N) is 1. The minimum atomic E-state index is -3.48. The summed E-state index contributed by atoms with van der Waals surface area (Å²) in [6, 6.07) is 11.8. The quantitative estimate of drug-likeness (QED) is 0.567. The first kappa shape index (κ1) is 20.0. The van der Waals surface area contributed by atoms with Crippen LogP contribution in [-0.4, -0.2) is 44.5 Å². The number of hydrogen-bond donors (Lipinski definition) is 1. The van der Waals surface area contributed by atoms with Gasteiger partial charge < -0.3 is 10.2 Å². The summed E-state index contributed by atoms with van der Waals surface area (Å²) in [5, 5.41) is 6.21. The first-order valence-corrected chi connectivity index (χ1v) is 10.2.